The second-order valence-electron chi connectivity index (χ2n) is 6.25. The summed E-state index contributed by atoms with van der Waals surface area (Å²) < 4.78 is 0.812. The number of imidazole rings is 2. The third-order valence-electron chi connectivity index (χ3n) is 4.25. The number of hydrogen-bond acceptors (Lipinski definition) is 5. The van der Waals surface area contributed by atoms with Crippen molar-refractivity contribution in [3.8, 4) is 5.75 Å². The van der Waals surface area contributed by atoms with Crippen LogP contribution in [0.4, 0.5) is 11.6 Å². The van der Waals surface area contributed by atoms with Crippen LogP contribution in [-0.2, 0) is 0 Å². The first-order valence-corrected chi connectivity index (χ1v) is 9.31. The van der Waals surface area contributed by atoms with Crippen molar-refractivity contribution in [2.75, 3.05) is 10.6 Å². The van der Waals surface area contributed by atoms with E-state index < -0.39 is 11.8 Å². The fourth-order valence-electron chi connectivity index (χ4n) is 2.80. The van der Waals surface area contributed by atoms with Crippen molar-refractivity contribution in [3.63, 3.8) is 0 Å². The Hall–Kier alpha value is -3.66. The molecule has 2 amide bonds. The molecule has 0 aliphatic rings. The average molecular weight is 455 g/mol. The van der Waals surface area contributed by atoms with Gasteiger partial charge in [0.1, 0.15) is 17.0 Å². The van der Waals surface area contributed by atoms with Gasteiger partial charge in [0.25, 0.3) is 11.8 Å². The summed E-state index contributed by atoms with van der Waals surface area (Å²) in [7, 11) is 0. The number of para-hydroxylation sites is 1. The van der Waals surface area contributed by atoms with Crippen molar-refractivity contribution in [1.29, 1.82) is 0 Å². The number of carbonyl (C=O) groups excluding carboxylic acids is 2. The van der Waals surface area contributed by atoms with Crippen LogP contribution in [0.2, 0.25) is 0 Å². The number of aryl methyl sites for hydroxylation is 1. The number of rotatable bonds is 4. The molecule has 5 N–H and O–H groups in total. The van der Waals surface area contributed by atoms with Gasteiger partial charge in [-0.25, -0.2) is 9.97 Å². The second kappa shape index (κ2) is 7.40. The number of halogens is 1. The Morgan fingerprint density at radius 2 is 1.97 bits per heavy atom. The van der Waals surface area contributed by atoms with E-state index in [9.17, 15) is 14.7 Å². The number of aromatic amines is 2. The van der Waals surface area contributed by atoms with Crippen LogP contribution in [0.1, 0.15) is 26.5 Å². The highest BCUT2D eigenvalue weighted by molar-refractivity contribution is 9.10. The summed E-state index contributed by atoms with van der Waals surface area (Å²) in [5.41, 5.74) is 2.29. The standard InChI is InChI=1S/C19H15BrN6O3/c1-9-5-6-10(20)7-12(9)23-17(28)15-16(22-8-21-15)18(29)26-19-24-11-3-2-4-13(27)14(11)25-19/h2-8,27H,1H3,(H,21,22)(H,23,28)(H2,24,25,26,29). The first kappa shape index (κ1) is 18.7. The van der Waals surface area contributed by atoms with Crippen molar-refractivity contribution < 1.29 is 14.7 Å². The number of hydrogen-bond donors (Lipinski definition) is 5. The quantitative estimate of drug-likeness (QED) is 0.321. The maximum absolute atomic E-state index is 12.7. The largest absolute Gasteiger partial charge is 0.506 e. The number of phenols is 1. The van der Waals surface area contributed by atoms with E-state index in [1.165, 1.54) is 12.4 Å². The van der Waals surface area contributed by atoms with E-state index in [0.717, 1.165) is 10.0 Å². The lowest BCUT2D eigenvalue weighted by molar-refractivity contribution is 0.0985. The van der Waals surface area contributed by atoms with Crippen LogP contribution < -0.4 is 10.6 Å². The van der Waals surface area contributed by atoms with Crippen molar-refractivity contribution >= 4 is 50.4 Å². The fourth-order valence-corrected chi connectivity index (χ4v) is 3.16. The minimum atomic E-state index is -0.600. The number of phenolic OH excluding ortho intramolecular Hbond substituents is 1. The summed E-state index contributed by atoms with van der Waals surface area (Å²) in [6, 6.07) is 10.4. The molecule has 4 aromatic rings. The summed E-state index contributed by atoms with van der Waals surface area (Å²) in [5, 5.41) is 15.2. The third-order valence-corrected chi connectivity index (χ3v) is 4.75. The van der Waals surface area contributed by atoms with Crippen LogP contribution in [0.5, 0.6) is 5.75 Å². The zero-order valence-corrected chi connectivity index (χ0v) is 16.7. The van der Waals surface area contributed by atoms with Crippen LogP contribution in [0, 0.1) is 6.92 Å². The maximum Gasteiger partial charge on any atom is 0.276 e. The number of benzene rings is 2. The number of aromatic hydroxyl groups is 1. The van der Waals surface area contributed by atoms with E-state index in [1.54, 1.807) is 18.2 Å². The normalized spacial score (nSPS) is 10.8. The molecule has 0 atom stereocenters. The Morgan fingerprint density at radius 1 is 1.14 bits per heavy atom. The topological polar surface area (TPSA) is 136 Å². The van der Waals surface area contributed by atoms with Crippen molar-refractivity contribution in [2.45, 2.75) is 6.92 Å². The highest BCUT2D eigenvalue weighted by atomic mass is 79.9. The molecule has 0 spiro atoms. The number of fused-ring (bicyclic) bond motifs is 1. The van der Waals surface area contributed by atoms with Gasteiger partial charge >= 0.3 is 0 Å². The van der Waals surface area contributed by atoms with Crippen LogP contribution in [-0.4, -0.2) is 36.9 Å². The number of aromatic nitrogens is 4. The van der Waals surface area contributed by atoms with Crippen LogP contribution in [0.25, 0.3) is 11.0 Å². The molecule has 9 nitrogen and oxygen atoms in total. The van der Waals surface area contributed by atoms with Gasteiger partial charge in [0.15, 0.2) is 5.69 Å². The highest BCUT2D eigenvalue weighted by Crippen LogP contribution is 2.24. The molecule has 0 aliphatic carbocycles. The fraction of sp³-hybridized carbons (Fsp3) is 0.0526. The predicted octanol–water partition coefficient (Wildman–Crippen LogP) is 3.57. The molecule has 2 heterocycles. The van der Waals surface area contributed by atoms with E-state index in [0.29, 0.717) is 16.7 Å². The summed E-state index contributed by atoms with van der Waals surface area (Å²) in [6.45, 7) is 1.86. The van der Waals surface area contributed by atoms with E-state index >= 15 is 0 Å². The lowest BCUT2D eigenvalue weighted by Gasteiger charge is -2.08. The van der Waals surface area contributed by atoms with Gasteiger partial charge < -0.3 is 20.4 Å². The molecule has 29 heavy (non-hydrogen) atoms. The molecule has 146 valence electrons. The molecule has 2 aromatic carbocycles. The van der Waals surface area contributed by atoms with Gasteiger partial charge in [-0.1, -0.05) is 28.1 Å². The number of amides is 2. The van der Waals surface area contributed by atoms with Crippen molar-refractivity contribution in [3.05, 3.63) is 64.1 Å². The number of anilines is 2. The van der Waals surface area contributed by atoms with Crippen LogP contribution >= 0.6 is 15.9 Å². The zero-order chi connectivity index (χ0) is 20.5. The molecule has 0 saturated heterocycles. The van der Waals surface area contributed by atoms with Gasteiger partial charge in [0.05, 0.1) is 11.8 Å². The first-order valence-electron chi connectivity index (χ1n) is 8.52. The Labute approximate surface area is 172 Å². The van der Waals surface area contributed by atoms with E-state index in [1.807, 2.05) is 19.1 Å². The Balaban J connectivity index is 1.56. The molecule has 0 aliphatic heterocycles. The smallest absolute Gasteiger partial charge is 0.276 e. The molecule has 10 heteroatoms. The van der Waals surface area contributed by atoms with Crippen molar-refractivity contribution in [2.24, 2.45) is 0 Å². The molecule has 0 fully saturated rings. The molecule has 0 unspecified atom stereocenters. The number of H-pyrrole nitrogens is 2. The van der Waals surface area contributed by atoms with Crippen LogP contribution in [0.3, 0.4) is 0 Å². The number of carbonyl (C=O) groups is 2. The lowest BCUT2D eigenvalue weighted by atomic mass is 10.2. The minimum Gasteiger partial charge on any atom is -0.506 e. The second-order valence-corrected chi connectivity index (χ2v) is 7.17. The maximum atomic E-state index is 12.7. The van der Waals surface area contributed by atoms with Gasteiger partial charge in [-0.3, -0.25) is 14.9 Å². The number of nitrogens with zero attached hydrogens (tertiary/aromatic N) is 2. The summed E-state index contributed by atoms with van der Waals surface area (Å²) in [6.07, 6.45) is 1.27. The van der Waals surface area contributed by atoms with E-state index in [-0.39, 0.29) is 23.1 Å². The molecule has 0 saturated carbocycles. The Bertz CT molecular complexity index is 1250. The SMILES string of the molecule is Cc1ccc(Br)cc1NC(=O)c1nc[nH]c1C(=O)Nc1nc2c(O)cccc2[nH]1. The van der Waals surface area contributed by atoms with Crippen LogP contribution in [0.15, 0.2) is 47.2 Å². The average Bonchev–Trinajstić information content (AvgIpc) is 3.32. The molecule has 0 bridgehead atoms. The Kier molecular flexibility index (Phi) is 4.77. The molecule has 2 aromatic heterocycles. The van der Waals surface area contributed by atoms with E-state index in [2.05, 4.69) is 46.5 Å². The number of nitrogens with one attached hydrogen (secondary N) is 4. The molecule has 0 radical (unpaired) electrons. The van der Waals surface area contributed by atoms with Gasteiger partial charge in [0, 0.05) is 10.2 Å². The summed E-state index contributed by atoms with van der Waals surface area (Å²) >= 11 is 3.36. The molecular formula is C19H15BrN6O3. The van der Waals surface area contributed by atoms with E-state index in [4.69, 9.17) is 0 Å². The van der Waals surface area contributed by atoms with Crippen molar-refractivity contribution in [1.82, 2.24) is 19.9 Å². The summed E-state index contributed by atoms with van der Waals surface area (Å²) in [5.74, 6) is -1.00. The van der Waals surface area contributed by atoms with Gasteiger partial charge in [0.2, 0.25) is 5.95 Å². The van der Waals surface area contributed by atoms with Gasteiger partial charge in [-0.05, 0) is 36.8 Å². The minimum absolute atomic E-state index is 0.00903. The van der Waals surface area contributed by atoms with Gasteiger partial charge in [-0.15, -0.1) is 0 Å². The van der Waals surface area contributed by atoms with Gasteiger partial charge in [-0.2, -0.15) is 0 Å². The highest BCUT2D eigenvalue weighted by Gasteiger charge is 2.22. The first-order chi connectivity index (χ1) is 13.9. The monoisotopic (exact) mass is 454 g/mol. The predicted molar refractivity (Wildman–Crippen MR) is 111 cm³/mol. The third kappa shape index (κ3) is 3.69. The summed E-state index contributed by atoms with van der Waals surface area (Å²) in [4.78, 5) is 39.0. The molecular weight excluding hydrogens is 440 g/mol. The Morgan fingerprint density at radius 3 is 2.76 bits per heavy atom. The molecule has 4 rings (SSSR count). The lowest BCUT2D eigenvalue weighted by Crippen LogP contribution is -2.21. The zero-order valence-electron chi connectivity index (χ0n) is 15.1.